The standard InChI is InChI=1S/C23H28ClN3O5/c1-15(31-18-11-9-17(24)10-12-18)21(29)25-13-16-7-5-6-8-19(16)27-20(28)14-26-22(30)32-23(2,3)4/h5-12,15H,13-14H2,1-4H3,(H,25,29)(H,26,30)(H,27,28). The summed E-state index contributed by atoms with van der Waals surface area (Å²) in [5.74, 6) is -0.205. The molecule has 0 spiro atoms. The third-order valence-corrected chi connectivity index (χ3v) is 4.28. The summed E-state index contributed by atoms with van der Waals surface area (Å²) < 4.78 is 10.7. The highest BCUT2D eigenvalue weighted by molar-refractivity contribution is 6.30. The molecule has 8 nitrogen and oxygen atoms in total. The molecule has 3 N–H and O–H groups in total. The fourth-order valence-corrected chi connectivity index (χ4v) is 2.68. The smallest absolute Gasteiger partial charge is 0.408 e. The molecule has 0 aliphatic carbocycles. The van der Waals surface area contributed by atoms with Crippen LogP contribution in [0.1, 0.15) is 33.3 Å². The third-order valence-electron chi connectivity index (χ3n) is 4.03. The van der Waals surface area contributed by atoms with Gasteiger partial charge in [0.05, 0.1) is 0 Å². The number of carbonyl (C=O) groups is 3. The van der Waals surface area contributed by atoms with Crippen LogP contribution in [0.5, 0.6) is 5.75 Å². The first-order valence-corrected chi connectivity index (χ1v) is 10.5. The lowest BCUT2D eigenvalue weighted by molar-refractivity contribution is -0.127. The first-order valence-electron chi connectivity index (χ1n) is 10.1. The number of halogens is 1. The Morgan fingerprint density at radius 3 is 2.31 bits per heavy atom. The zero-order chi connectivity index (χ0) is 23.7. The lowest BCUT2D eigenvalue weighted by Crippen LogP contribution is -2.37. The largest absolute Gasteiger partial charge is 0.481 e. The van der Waals surface area contributed by atoms with E-state index in [1.165, 1.54) is 0 Å². The number of ether oxygens (including phenoxy) is 2. The van der Waals surface area contributed by atoms with Gasteiger partial charge < -0.3 is 25.4 Å². The fraction of sp³-hybridized carbons (Fsp3) is 0.348. The Bertz CT molecular complexity index is 941. The summed E-state index contributed by atoms with van der Waals surface area (Å²) >= 11 is 5.85. The molecule has 3 amide bonds. The van der Waals surface area contributed by atoms with Crippen LogP contribution in [0, 0.1) is 0 Å². The van der Waals surface area contributed by atoms with Crippen LogP contribution < -0.4 is 20.7 Å². The number of alkyl carbamates (subject to hydrolysis) is 1. The van der Waals surface area contributed by atoms with Gasteiger partial charge in [0.2, 0.25) is 5.91 Å². The molecular formula is C23H28ClN3O5. The Kier molecular flexibility index (Phi) is 8.90. The normalized spacial score (nSPS) is 11.8. The second-order valence-electron chi connectivity index (χ2n) is 7.99. The maximum atomic E-state index is 12.4. The summed E-state index contributed by atoms with van der Waals surface area (Å²) in [5.41, 5.74) is 0.569. The Labute approximate surface area is 192 Å². The van der Waals surface area contributed by atoms with Crippen LogP contribution in [-0.2, 0) is 20.9 Å². The van der Waals surface area contributed by atoms with Crippen LogP contribution in [0.2, 0.25) is 5.02 Å². The van der Waals surface area contributed by atoms with E-state index in [9.17, 15) is 14.4 Å². The molecular weight excluding hydrogens is 434 g/mol. The molecule has 0 aliphatic rings. The summed E-state index contributed by atoms with van der Waals surface area (Å²) in [7, 11) is 0. The van der Waals surface area contributed by atoms with Crippen molar-refractivity contribution in [3.8, 4) is 5.75 Å². The lowest BCUT2D eigenvalue weighted by Gasteiger charge is -2.19. The van der Waals surface area contributed by atoms with E-state index < -0.39 is 23.7 Å². The molecule has 2 rings (SSSR count). The Balaban J connectivity index is 1.87. The first-order chi connectivity index (χ1) is 15.0. The number of carbonyl (C=O) groups excluding carboxylic acids is 3. The number of amides is 3. The van der Waals surface area contributed by atoms with E-state index in [1.807, 2.05) is 0 Å². The number of rotatable bonds is 8. The molecule has 32 heavy (non-hydrogen) atoms. The predicted molar refractivity (Wildman–Crippen MR) is 123 cm³/mol. The molecule has 0 bridgehead atoms. The van der Waals surface area contributed by atoms with Gasteiger partial charge in [-0.3, -0.25) is 9.59 Å². The van der Waals surface area contributed by atoms with E-state index in [0.717, 1.165) is 0 Å². The number of nitrogens with one attached hydrogen (secondary N) is 3. The van der Waals surface area contributed by atoms with Crippen LogP contribution in [0.15, 0.2) is 48.5 Å². The zero-order valence-corrected chi connectivity index (χ0v) is 19.3. The van der Waals surface area contributed by atoms with Gasteiger partial charge in [-0.1, -0.05) is 29.8 Å². The van der Waals surface area contributed by atoms with E-state index in [-0.39, 0.29) is 19.0 Å². The first kappa shape index (κ1) is 25.0. The SMILES string of the molecule is CC(Oc1ccc(Cl)cc1)C(=O)NCc1ccccc1NC(=O)CNC(=O)OC(C)(C)C. The number of benzene rings is 2. The molecule has 0 aliphatic heterocycles. The average molecular weight is 462 g/mol. The monoisotopic (exact) mass is 461 g/mol. The number of hydrogen-bond acceptors (Lipinski definition) is 5. The van der Waals surface area contributed by atoms with Crippen molar-refractivity contribution in [1.82, 2.24) is 10.6 Å². The summed E-state index contributed by atoms with van der Waals surface area (Å²) in [5, 5.41) is 8.49. The van der Waals surface area contributed by atoms with Gasteiger partial charge in [0.1, 0.15) is 17.9 Å². The minimum Gasteiger partial charge on any atom is -0.481 e. The van der Waals surface area contributed by atoms with Gasteiger partial charge in [0.15, 0.2) is 6.10 Å². The van der Waals surface area contributed by atoms with Gasteiger partial charge in [-0.2, -0.15) is 0 Å². The maximum Gasteiger partial charge on any atom is 0.408 e. The van der Waals surface area contributed by atoms with E-state index in [2.05, 4.69) is 16.0 Å². The highest BCUT2D eigenvalue weighted by Crippen LogP contribution is 2.18. The Morgan fingerprint density at radius 1 is 1.00 bits per heavy atom. The predicted octanol–water partition coefficient (Wildman–Crippen LogP) is 3.89. The van der Waals surface area contributed by atoms with Crippen LogP contribution in [-0.4, -0.2) is 36.2 Å². The fourth-order valence-electron chi connectivity index (χ4n) is 2.55. The minimum atomic E-state index is -0.726. The van der Waals surface area contributed by atoms with Crippen molar-refractivity contribution in [2.75, 3.05) is 11.9 Å². The van der Waals surface area contributed by atoms with E-state index in [0.29, 0.717) is 22.0 Å². The average Bonchev–Trinajstić information content (AvgIpc) is 2.72. The highest BCUT2D eigenvalue weighted by atomic mass is 35.5. The topological polar surface area (TPSA) is 106 Å². The van der Waals surface area contributed by atoms with Crippen molar-refractivity contribution in [2.45, 2.75) is 45.9 Å². The molecule has 0 heterocycles. The molecule has 0 saturated heterocycles. The van der Waals surface area contributed by atoms with Crippen molar-refractivity contribution in [3.05, 3.63) is 59.1 Å². The van der Waals surface area contributed by atoms with Gasteiger partial charge in [-0.25, -0.2) is 4.79 Å². The zero-order valence-electron chi connectivity index (χ0n) is 18.5. The number of anilines is 1. The third kappa shape index (κ3) is 8.85. The highest BCUT2D eigenvalue weighted by Gasteiger charge is 2.18. The second kappa shape index (κ2) is 11.4. The van der Waals surface area contributed by atoms with E-state index >= 15 is 0 Å². The van der Waals surface area contributed by atoms with Crippen molar-refractivity contribution >= 4 is 35.2 Å². The molecule has 2 aromatic rings. The maximum absolute atomic E-state index is 12.4. The molecule has 1 unspecified atom stereocenters. The van der Waals surface area contributed by atoms with Crippen LogP contribution in [0.3, 0.4) is 0 Å². The molecule has 2 aromatic carbocycles. The Morgan fingerprint density at radius 2 is 1.66 bits per heavy atom. The Hall–Kier alpha value is -3.26. The molecule has 1 atom stereocenters. The van der Waals surface area contributed by atoms with Crippen molar-refractivity contribution < 1.29 is 23.9 Å². The number of para-hydroxylation sites is 1. The molecule has 0 fully saturated rings. The van der Waals surface area contributed by atoms with E-state index in [4.69, 9.17) is 21.1 Å². The summed E-state index contributed by atoms with van der Waals surface area (Å²) in [4.78, 5) is 36.3. The van der Waals surface area contributed by atoms with E-state index in [1.54, 1.807) is 76.2 Å². The van der Waals surface area contributed by atoms with Crippen molar-refractivity contribution in [1.29, 1.82) is 0 Å². The van der Waals surface area contributed by atoms with Crippen LogP contribution in [0.4, 0.5) is 10.5 Å². The molecule has 0 radical (unpaired) electrons. The summed E-state index contributed by atoms with van der Waals surface area (Å²) in [6.45, 7) is 6.78. The summed E-state index contributed by atoms with van der Waals surface area (Å²) in [6, 6.07) is 13.8. The van der Waals surface area contributed by atoms with Gasteiger partial charge in [0.25, 0.3) is 5.91 Å². The number of hydrogen-bond donors (Lipinski definition) is 3. The van der Waals surface area contributed by atoms with Gasteiger partial charge >= 0.3 is 6.09 Å². The molecule has 0 aromatic heterocycles. The van der Waals surface area contributed by atoms with Gasteiger partial charge in [-0.05, 0) is 63.6 Å². The molecule has 9 heteroatoms. The molecule has 0 saturated carbocycles. The summed E-state index contributed by atoms with van der Waals surface area (Å²) in [6.07, 6.45) is -1.40. The van der Waals surface area contributed by atoms with Crippen molar-refractivity contribution in [3.63, 3.8) is 0 Å². The van der Waals surface area contributed by atoms with Gasteiger partial charge in [-0.15, -0.1) is 0 Å². The van der Waals surface area contributed by atoms with Gasteiger partial charge in [0, 0.05) is 17.3 Å². The lowest BCUT2D eigenvalue weighted by atomic mass is 10.1. The minimum absolute atomic E-state index is 0.184. The molecule has 172 valence electrons. The van der Waals surface area contributed by atoms with Crippen LogP contribution in [0.25, 0.3) is 0 Å². The quantitative estimate of drug-likeness (QED) is 0.553. The second-order valence-corrected chi connectivity index (χ2v) is 8.43. The van der Waals surface area contributed by atoms with Crippen molar-refractivity contribution in [2.24, 2.45) is 0 Å². The van der Waals surface area contributed by atoms with Crippen LogP contribution >= 0.6 is 11.6 Å².